The Morgan fingerprint density at radius 3 is 2.46 bits per heavy atom. The van der Waals surface area contributed by atoms with Gasteiger partial charge in [-0.25, -0.2) is 18.4 Å². The zero-order valence-corrected chi connectivity index (χ0v) is 15.8. The number of ether oxygens (including phenoxy) is 2. The number of aryl methyl sites for hydroxylation is 1. The molecule has 0 bridgehead atoms. The molecule has 0 aliphatic carbocycles. The van der Waals surface area contributed by atoms with Crippen molar-refractivity contribution in [3.05, 3.63) is 34.6 Å². The fourth-order valence-electron chi connectivity index (χ4n) is 3.07. The molecule has 1 aromatic carbocycles. The number of carbonyl (C=O) groups excluding carboxylic acids is 2. The van der Waals surface area contributed by atoms with Crippen molar-refractivity contribution in [2.24, 2.45) is 0 Å². The van der Waals surface area contributed by atoms with Crippen molar-refractivity contribution in [2.75, 3.05) is 20.2 Å². The van der Waals surface area contributed by atoms with Crippen LogP contribution in [-0.4, -0.2) is 48.9 Å². The number of halogens is 2. The Morgan fingerprint density at radius 2 is 1.92 bits per heavy atom. The summed E-state index contributed by atoms with van der Waals surface area (Å²) in [6.07, 6.45) is -1.72. The number of methoxy groups -OCH3 is 1. The predicted octanol–water partition coefficient (Wildman–Crippen LogP) is 3.98. The average molecular weight is 369 g/mol. The molecule has 144 valence electrons. The summed E-state index contributed by atoms with van der Waals surface area (Å²) in [5.41, 5.74) is 0.198. The van der Waals surface area contributed by atoms with E-state index in [9.17, 15) is 18.4 Å². The number of carbonyl (C=O) groups is 2. The minimum Gasteiger partial charge on any atom is -0.465 e. The Hall–Kier alpha value is -2.18. The van der Waals surface area contributed by atoms with Gasteiger partial charge in [-0.1, -0.05) is 6.07 Å². The van der Waals surface area contributed by atoms with Crippen molar-refractivity contribution < 1.29 is 27.8 Å². The van der Waals surface area contributed by atoms with Crippen LogP contribution in [0.25, 0.3) is 0 Å². The molecule has 1 aliphatic rings. The van der Waals surface area contributed by atoms with E-state index in [2.05, 4.69) is 4.74 Å². The Kier molecular flexibility index (Phi) is 5.88. The summed E-state index contributed by atoms with van der Waals surface area (Å²) in [4.78, 5) is 25.0. The number of amides is 1. The van der Waals surface area contributed by atoms with E-state index < -0.39 is 35.6 Å². The lowest BCUT2D eigenvalue weighted by Crippen LogP contribution is -2.46. The highest BCUT2D eigenvalue weighted by molar-refractivity contribution is 5.91. The van der Waals surface area contributed by atoms with Gasteiger partial charge in [-0.2, -0.15) is 0 Å². The maximum absolute atomic E-state index is 14.7. The monoisotopic (exact) mass is 369 g/mol. The molecule has 2 unspecified atom stereocenters. The molecule has 1 aliphatic heterocycles. The van der Waals surface area contributed by atoms with Crippen LogP contribution in [0.5, 0.6) is 0 Å². The molecule has 1 saturated heterocycles. The average Bonchev–Trinajstić information content (AvgIpc) is 2.54. The van der Waals surface area contributed by atoms with Gasteiger partial charge in [0.1, 0.15) is 17.6 Å². The van der Waals surface area contributed by atoms with E-state index in [-0.39, 0.29) is 30.6 Å². The van der Waals surface area contributed by atoms with Crippen LogP contribution in [0.3, 0.4) is 0 Å². The molecular weight excluding hydrogens is 344 g/mol. The predicted molar refractivity (Wildman–Crippen MR) is 92.5 cm³/mol. The Labute approximate surface area is 152 Å². The molecule has 2 atom stereocenters. The van der Waals surface area contributed by atoms with Gasteiger partial charge in [-0.3, -0.25) is 0 Å². The van der Waals surface area contributed by atoms with Gasteiger partial charge < -0.3 is 14.4 Å². The number of esters is 1. The van der Waals surface area contributed by atoms with Crippen LogP contribution in [-0.2, 0) is 9.47 Å². The van der Waals surface area contributed by atoms with E-state index in [4.69, 9.17) is 4.74 Å². The second-order valence-electron chi connectivity index (χ2n) is 7.52. The molecule has 1 aromatic rings. The van der Waals surface area contributed by atoms with Crippen LogP contribution < -0.4 is 0 Å². The number of likely N-dealkylation sites (tertiary alicyclic amines) is 1. The molecule has 1 amide bonds. The van der Waals surface area contributed by atoms with Gasteiger partial charge in [-0.15, -0.1) is 0 Å². The number of alkyl halides is 1. The SMILES string of the molecule is COC(=O)c1cc(F)c(C2CCN(C(=O)OC(C)(C)C)CC2F)cc1C. The third-order valence-corrected chi connectivity index (χ3v) is 4.34. The van der Waals surface area contributed by atoms with E-state index in [1.165, 1.54) is 18.1 Å². The highest BCUT2D eigenvalue weighted by Crippen LogP contribution is 2.34. The normalized spacial score (nSPS) is 20.7. The van der Waals surface area contributed by atoms with E-state index in [1.54, 1.807) is 27.7 Å². The number of nitrogens with zero attached hydrogens (tertiary/aromatic N) is 1. The van der Waals surface area contributed by atoms with Crippen LogP contribution in [0.4, 0.5) is 13.6 Å². The highest BCUT2D eigenvalue weighted by Gasteiger charge is 2.36. The fourth-order valence-corrected chi connectivity index (χ4v) is 3.07. The molecule has 0 aromatic heterocycles. The van der Waals surface area contributed by atoms with Crippen molar-refractivity contribution >= 4 is 12.1 Å². The van der Waals surface area contributed by atoms with Crippen LogP contribution in [0.2, 0.25) is 0 Å². The van der Waals surface area contributed by atoms with Crippen LogP contribution >= 0.6 is 0 Å². The van der Waals surface area contributed by atoms with Crippen molar-refractivity contribution in [2.45, 2.75) is 51.8 Å². The van der Waals surface area contributed by atoms with Crippen LogP contribution in [0.15, 0.2) is 12.1 Å². The molecular formula is C19H25F2NO4. The summed E-state index contributed by atoms with van der Waals surface area (Å²) >= 11 is 0. The minimum absolute atomic E-state index is 0.121. The first kappa shape index (κ1) is 20.1. The second-order valence-corrected chi connectivity index (χ2v) is 7.52. The lowest BCUT2D eigenvalue weighted by atomic mass is 9.86. The van der Waals surface area contributed by atoms with Gasteiger partial charge in [0.15, 0.2) is 0 Å². The van der Waals surface area contributed by atoms with E-state index >= 15 is 0 Å². The highest BCUT2D eigenvalue weighted by atomic mass is 19.1. The van der Waals surface area contributed by atoms with Crippen molar-refractivity contribution in [3.63, 3.8) is 0 Å². The van der Waals surface area contributed by atoms with Crippen molar-refractivity contribution in [1.82, 2.24) is 4.90 Å². The first-order chi connectivity index (χ1) is 12.0. The topological polar surface area (TPSA) is 55.8 Å². The second kappa shape index (κ2) is 7.60. The minimum atomic E-state index is -1.42. The summed E-state index contributed by atoms with van der Waals surface area (Å²) in [6, 6.07) is 2.57. The van der Waals surface area contributed by atoms with E-state index in [0.717, 1.165) is 6.07 Å². The molecule has 5 nitrogen and oxygen atoms in total. The molecule has 26 heavy (non-hydrogen) atoms. The standard InChI is InChI=1S/C19H25F2NO4/c1-11-8-14(15(20)9-13(11)17(23)25-5)12-6-7-22(10-16(12)21)18(24)26-19(2,3)4/h8-9,12,16H,6-7,10H2,1-5H3. The quantitative estimate of drug-likeness (QED) is 0.740. The van der Waals surface area contributed by atoms with Crippen molar-refractivity contribution in [1.29, 1.82) is 0 Å². The lowest BCUT2D eigenvalue weighted by molar-refractivity contribution is 0.0109. The van der Waals surface area contributed by atoms with Gasteiger partial charge in [0.2, 0.25) is 0 Å². The van der Waals surface area contributed by atoms with Gasteiger partial charge in [0.05, 0.1) is 19.2 Å². The Bertz CT molecular complexity index is 700. The van der Waals surface area contributed by atoms with E-state index in [0.29, 0.717) is 5.56 Å². The molecule has 0 N–H and O–H groups in total. The summed E-state index contributed by atoms with van der Waals surface area (Å²) in [7, 11) is 1.22. The summed E-state index contributed by atoms with van der Waals surface area (Å²) in [6.45, 7) is 7.00. The van der Waals surface area contributed by atoms with Gasteiger partial charge in [-0.05, 0) is 51.3 Å². The first-order valence-electron chi connectivity index (χ1n) is 8.54. The number of rotatable bonds is 2. The first-order valence-corrected chi connectivity index (χ1v) is 8.54. The molecule has 0 spiro atoms. The number of hydrogen-bond donors (Lipinski definition) is 0. The maximum atomic E-state index is 14.7. The lowest BCUT2D eigenvalue weighted by Gasteiger charge is -2.36. The molecule has 2 rings (SSSR count). The number of benzene rings is 1. The Morgan fingerprint density at radius 1 is 1.27 bits per heavy atom. The third kappa shape index (κ3) is 4.51. The summed E-state index contributed by atoms with van der Waals surface area (Å²) < 4.78 is 39.1. The summed E-state index contributed by atoms with van der Waals surface area (Å²) in [5, 5.41) is 0. The summed E-state index contributed by atoms with van der Waals surface area (Å²) in [5.74, 6) is -1.96. The third-order valence-electron chi connectivity index (χ3n) is 4.34. The molecule has 1 heterocycles. The van der Waals surface area contributed by atoms with Gasteiger partial charge >= 0.3 is 12.1 Å². The number of hydrogen-bond acceptors (Lipinski definition) is 4. The molecule has 1 fully saturated rings. The molecule has 7 heteroatoms. The largest absolute Gasteiger partial charge is 0.465 e. The van der Waals surface area contributed by atoms with Crippen molar-refractivity contribution in [3.8, 4) is 0 Å². The smallest absolute Gasteiger partial charge is 0.410 e. The molecule has 0 radical (unpaired) electrons. The number of piperidine rings is 1. The van der Waals surface area contributed by atoms with Gasteiger partial charge in [0, 0.05) is 12.5 Å². The molecule has 0 saturated carbocycles. The fraction of sp³-hybridized carbons (Fsp3) is 0.579. The van der Waals surface area contributed by atoms with Crippen LogP contribution in [0, 0.1) is 12.7 Å². The zero-order chi connectivity index (χ0) is 19.6. The Balaban J connectivity index is 2.16. The zero-order valence-electron chi connectivity index (χ0n) is 15.8. The maximum Gasteiger partial charge on any atom is 0.410 e. The van der Waals surface area contributed by atoms with Crippen LogP contribution in [0.1, 0.15) is 54.6 Å². The van der Waals surface area contributed by atoms with E-state index in [1.807, 2.05) is 0 Å². The van der Waals surface area contributed by atoms with Gasteiger partial charge in [0.25, 0.3) is 0 Å².